The molecule has 1 aromatic rings. The van der Waals surface area contributed by atoms with Gasteiger partial charge in [0.05, 0.1) is 25.5 Å². The fourth-order valence-corrected chi connectivity index (χ4v) is 1.89. The van der Waals surface area contributed by atoms with Gasteiger partial charge in [-0.25, -0.2) is 0 Å². The van der Waals surface area contributed by atoms with E-state index in [1.807, 2.05) is 11.0 Å². The Labute approximate surface area is 106 Å². The third-order valence-electron chi connectivity index (χ3n) is 2.72. The summed E-state index contributed by atoms with van der Waals surface area (Å²) in [6.07, 6.45) is 0.993. The van der Waals surface area contributed by atoms with E-state index in [1.54, 1.807) is 12.3 Å². The number of rotatable bonds is 6. The molecule has 18 heavy (non-hydrogen) atoms. The summed E-state index contributed by atoms with van der Waals surface area (Å²) in [6, 6.07) is 3.61. The molecule has 1 unspecified atom stereocenters. The van der Waals surface area contributed by atoms with E-state index in [-0.39, 0.29) is 12.5 Å². The quantitative estimate of drug-likeness (QED) is 0.722. The molecule has 0 aromatic carbocycles. The Morgan fingerprint density at radius 2 is 2.50 bits per heavy atom. The van der Waals surface area contributed by atoms with Crippen LogP contribution in [0.4, 0.5) is 0 Å². The molecule has 1 atom stereocenters. The average molecular weight is 254 g/mol. The zero-order valence-electron chi connectivity index (χ0n) is 10.2. The van der Waals surface area contributed by atoms with E-state index in [0.29, 0.717) is 26.2 Å². The van der Waals surface area contributed by atoms with Crippen molar-refractivity contribution in [3.63, 3.8) is 0 Å². The van der Waals surface area contributed by atoms with Gasteiger partial charge in [-0.15, -0.1) is 0 Å². The van der Waals surface area contributed by atoms with Crippen LogP contribution < -0.4 is 5.32 Å². The molecule has 1 aliphatic heterocycles. The Balaban J connectivity index is 1.62. The molecule has 2 heterocycles. The molecule has 0 bridgehead atoms. The lowest BCUT2D eigenvalue weighted by molar-refractivity contribution is -0.124. The standard InChI is InChI=1S/C12H18N2O4/c15-10(6-14-4-3-13-12(16)7-14)8-17-9-11-2-1-5-18-11/h1-2,5,10,15H,3-4,6-9H2,(H,13,16). The van der Waals surface area contributed by atoms with Crippen LogP contribution in [-0.4, -0.2) is 54.8 Å². The number of ether oxygens (including phenoxy) is 1. The minimum atomic E-state index is -0.592. The van der Waals surface area contributed by atoms with Gasteiger partial charge in [0, 0.05) is 19.6 Å². The molecule has 6 heteroatoms. The fourth-order valence-electron chi connectivity index (χ4n) is 1.89. The summed E-state index contributed by atoms with van der Waals surface area (Å²) in [4.78, 5) is 13.1. The maximum atomic E-state index is 11.1. The van der Waals surface area contributed by atoms with Crippen LogP contribution >= 0.6 is 0 Å². The van der Waals surface area contributed by atoms with Crippen LogP contribution in [0.2, 0.25) is 0 Å². The largest absolute Gasteiger partial charge is 0.467 e. The Hall–Kier alpha value is -1.37. The molecule has 1 amide bonds. The highest BCUT2D eigenvalue weighted by Gasteiger charge is 2.18. The number of nitrogens with one attached hydrogen (secondary N) is 1. The van der Waals surface area contributed by atoms with Gasteiger partial charge in [0.25, 0.3) is 0 Å². The number of carbonyl (C=O) groups excluding carboxylic acids is 1. The van der Waals surface area contributed by atoms with Crippen molar-refractivity contribution in [2.24, 2.45) is 0 Å². The zero-order chi connectivity index (χ0) is 12.8. The van der Waals surface area contributed by atoms with Gasteiger partial charge in [0.2, 0.25) is 5.91 Å². The number of aliphatic hydroxyl groups excluding tert-OH is 1. The molecule has 2 rings (SSSR count). The van der Waals surface area contributed by atoms with E-state index in [0.717, 1.165) is 12.3 Å². The lowest BCUT2D eigenvalue weighted by Crippen LogP contribution is -2.50. The van der Waals surface area contributed by atoms with Crippen LogP contribution in [0, 0.1) is 0 Å². The summed E-state index contributed by atoms with van der Waals surface area (Å²) < 4.78 is 10.4. The second-order valence-corrected chi connectivity index (χ2v) is 4.33. The molecule has 1 saturated heterocycles. The van der Waals surface area contributed by atoms with Crippen molar-refractivity contribution in [2.45, 2.75) is 12.7 Å². The Bertz CT molecular complexity index is 366. The number of β-amino-alcohol motifs (C(OH)–C–C–N with tert-alkyl or cyclic N) is 1. The molecule has 0 spiro atoms. The van der Waals surface area contributed by atoms with Crippen molar-refractivity contribution in [3.8, 4) is 0 Å². The van der Waals surface area contributed by atoms with Gasteiger partial charge in [-0.1, -0.05) is 0 Å². The van der Waals surface area contributed by atoms with Crippen LogP contribution in [0.1, 0.15) is 5.76 Å². The predicted molar refractivity (Wildman–Crippen MR) is 63.8 cm³/mol. The number of hydrogen-bond donors (Lipinski definition) is 2. The minimum Gasteiger partial charge on any atom is -0.467 e. The molecule has 0 aliphatic carbocycles. The molecule has 0 radical (unpaired) electrons. The second kappa shape index (κ2) is 6.53. The number of hydrogen-bond acceptors (Lipinski definition) is 5. The third-order valence-corrected chi connectivity index (χ3v) is 2.72. The van der Waals surface area contributed by atoms with E-state index >= 15 is 0 Å². The van der Waals surface area contributed by atoms with E-state index in [9.17, 15) is 9.90 Å². The molecule has 2 N–H and O–H groups in total. The van der Waals surface area contributed by atoms with Gasteiger partial charge in [-0.2, -0.15) is 0 Å². The van der Waals surface area contributed by atoms with Crippen molar-refractivity contribution < 1.29 is 19.1 Å². The van der Waals surface area contributed by atoms with Crippen molar-refractivity contribution >= 4 is 5.91 Å². The lowest BCUT2D eigenvalue weighted by Gasteiger charge is -2.28. The first-order valence-electron chi connectivity index (χ1n) is 6.01. The van der Waals surface area contributed by atoms with Gasteiger partial charge in [-0.3, -0.25) is 9.69 Å². The SMILES string of the molecule is O=C1CN(CC(O)COCc2ccco2)CCN1. The molecule has 0 saturated carbocycles. The molecular formula is C12H18N2O4. The van der Waals surface area contributed by atoms with Crippen LogP contribution in [-0.2, 0) is 16.1 Å². The predicted octanol–water partition coefficient (Wildman–Crippen LogP) is -0.411. The molecule has 6 nitrogen and oxygen atoms in total. The maximum absolute atomic E-state index is 11.1. The van der Waals surface area contributed by atoms with Crippen LogP contribution in [0.3, 0.4) is 0 Å². The molecule has 1 aromatic heterocycles. The number of furan rings is 1. The summed E-state index contributed by atoms with van der Waals surface area (Å²) in [7, 11) is 0. The number of aliphatic hydroxyl groups is 1. The van der Waals surface area contributed by atoms with Gasteiger partial charge < -0.3 is 19.6 Å². The summed E-state index contributed by atoms with van der Waals surface area (Å²) in [6.45, 7) is 2.78. The van der Waals surface area contributed by atoms with Gasteiger partial charge in [-0.05, 0) is 12.1 Å². The van der Waals surface area contributed by atoms with Crippen molar-refractivity contribution in [2.75, 3.05) is 32.8 Å². The van der Waals surface area contributed by atoms with Gasteiger partial charge >= 0.3 is 0 Å². The first-order chi connectivity index (χ1) is 8.74. The number of piperazine rings is 1. The first kappa shape index (κ1) is 13.1. The second-order valence-electron chi connectivity index (χ2n) is 4.33. The van der Waals surface area contributed by atoms with E-state index in [1.165, 1.54) is 0 Å². The number of amides is 1. The summed E-state index contributed by atoms with van der Waals surface area (Å²) in [5.74, 6) is 0.740. The van der Waals surface area contributed by atoms with Crippen LogP contribution in [0.25, 0.3) is 0 Å². The van der Waals surface area contributed by atoms with E-state index in [4.69, 9.17) is 9.15 Å². The first-order valence-corrected chi connectivity index (χ1v) is 6.01. The highest BCUT2D eigenvalue weighted by Crippen LogP contribution is 2.03. The smallest absolute Gasteiger partial charge is 0.234 e. The van der Waals surface area contributed by atoms with Crippen molar-refractivity contribution in [1.29, 1.82) is 0 Å². The van der Waals surface area contributed by atoms with Gasteiger partial charge in [0.1, 0.15) is 12.4 Å². The molecular weight excluding hydrogens is 236 g/mol. The minimum absolute atomic E-state index is 0.00459. The topological polar surface area (TPSA) is 74.9 Å². The highest BCUT2D eigenvalue weighted by molar-refractivity contribution is 5.78. The number of nitrogens with zero attached hydrogens (tertiary/aromatic N) is 1. The average Bonchev–Trinajstić information content (AvgIpc) is 2.82. The maximum Gasteiger partial charge on any atom is 0.234 e. The lowest BCUT2D eigenvalue weighted by atomic mass is 10.3. The summed E-state index contributed by atoms with van der Waals surface area (Å²) in [5.41, 5.74) is 0. The normalized spacial score (nSPS) is 18.6. The molecule has 1 aliphatic rings. The van der Waals surface area contributed by atoms with Crippen LogP contribution in [0.15, 0.2) is 22.8 Å². The Morgan fingerprint density at radius 1 is 1.61 bits per heavy atom. The monoisotopic (exact) mass is 254 g/mol. The Morgan fingerprint density at radius 3 is 3.22 bits per heavy atom. The third kappa shape index (κ3) is 4.14. The number of carbonyl (C=O) groups is 1. The van der Waals surface area contributed by atoms with Gasteiger partial charge in [0.15, 0.2) is 0 Å². The molecule has 100 valence electrons. The molecule has 1 fully saturated rings. The summed E-state index contributed by atoms with van der Waals surface area (Å²) >= 11 is 0. The fraction of sp³-hybridized carbons (Fsp3) is 0.583. The zero-order valence-corrected chi connectivity index (χ0v) is 10.2. The Kier molecular flexibility index (Phi) is 4.74. The summed E-state index contributed by atoms with van der Waals surface area (Å²) in [5, 5.41) is 12.5. The van der Waals surface area contributed by atoms with E-state index in [2.05, 4.69) is 5.32 Å². The highest BCUT2D eigenvalue weighted by atomic mass is 16.5. The van der Waals surface area contributed by atoms with Crippen LogP contribution in [0.5, 0.6) is 0 Å². The van der Waals surface area contributed by atoms with Crippen molar-refractivity contribution in [3.05, 3.63) is 24.2 Å². The van der Waals surface area contributed by atoms with E-state index < -0.39 is 6.10 Å². The van der Waals surface area contributed by atoms with Crippen molar-refractivity contribution in [1.82, 2.24) is 10.2 Å².